The van der Waals surface area contributed by atoms with Gasteiger partial charge < -0.3 is 11.1 Å². The highest BCUT2D eigenvalue weighted by molar-refractivity contribution is 4.71. The minimum absolute atomic E-state index is 0.816. The van der Waals surface area contributed by atoms with Crippen LogP contribution in [0.1, 0.15) is 44.9 Å². The molecule has 0 aromatic carbocycles. The fraction of sp³-hybridized carbons (Fsp3) is 1.00. The van der Waals surface area contributed by atoms with Crippen LogP contribution in [0.4, 0.5) is 0 Å². The van der Waals surface area contributed by atoms with Gasteiger partial charge >= 0.3 is 0 Å². The minimum Gasteiger partial charge on any atom is -0.330 e. The van der Waals surface area contributed by atoms with Gasteiger partial charge in [0.05, 0.1) is 0 Å². The Morgan fingerprint density at radius 2 is 1.83 bits per heavy atom. The lowest BCUT2D eigenvalue weighted by Crippen LogP contribution is -2.31. The predicted molar refractivity (Wildman–Crippen MR) is 53.2 cm³/mol. The summed E-state index contributed by atoms with van der Waals surface area (Å²) >= 11 is 0. The van der Waals surface area contributed by atoms with Crippen molar-refractivity contribution in [3.05, 3.63) is 0 Å². The highest BCUT2D eigenvalue weighted by Crippen LogP contribution is 2.17. The third kappa shape index (κ3) is 4.07. The summed E-state index contributed by atoms with van der Waals surface area (Å²) in [5.74, 6) is 0. The molecule has 0 aliphatic heterocycles. The Bertz CT molecular complexity index is 98.0. The summed E-state index contributed by atoms with van der Waals surface area (Å²) in [5.41, 5.74) is 5.42. The second kappa shape index (κ2) is 6.44. The van der Waals surface area contributed by atoms with E-state index in [-0.39, 0.29) is 0 Å². The van der Waals surface area contributed by atoms with E-state index in [4.69, 9.17) is 5.73 Å². The van der Waals surface area contributed by atoms with E-state index in [0.29, 0.717) is 0 Å². The lowest BCUT2D eigenvalue weighted by atomic mass is 9.95. The van der Waals surface area contributed by atoms with Crippen LogP contribution in [0.5, 0.6) is 0 Å². The van der Waals surface area contributed by atoms with E-state index < -0.39 is 0 Å². The van der Waals surface area contributed by atoms with Crippen molar-refractivity contribution in [2.24, 2.45) is 5.73 Å². The first-order valence-electron chi connectivity index (χ1n) is 5.37. The number of nitrogens with two attached hydrogens (primary N) is 1. The topological polar surface area (TPSA) is 38.0 Å². The largest absolute Gasteiger partial charge is 0.330 e. The molecule has 3 N–H and O–H groups in total. The Kier molecular flexibility index (Phi) is 5.37. The van der Waals surface area contributed by atoms with Crippen molar-refractivity contribution in [1.82, 2.24) is 5.32 Å². The summed E-state index contributed by atoms with van der Waals surface area (Å²) in [6, 6.07) is 0.816. The van der Waals surface area contributed by atoms with E-state index in [1.54, 1.807) is 0 Å². The summed E-state index contributed by atoms with van der Waals surface area (Å²) in [7, 11) is 0. The van der Waals surface area contributed by atoms with Gasteiger partial charge in [0.1, 0.15) is 0 Å². The first-order valence-corrected chi connectivity index (χ1v) is 5.37. The van der Waals surface area contributed by atoms with E-state index in [1.165, 1.54) is 51.5 Å². The number of nitrogens with one attached hydrogen (secondary N) is 1. The maximum Gasteiger partial charge on any atom is 0.00670 e. The van der Waals surface area contributed by atoms with Crippen LogP contribution >= 0.6 is 0 Å². The Labute approximate surface area is 75.9 Å². The van der Waals surface area contributed by atoms with E-state index >= 15 is 0 Å². The van der Waals surface area contributed by atoms with Crippen molar-refractivity contribution < 1.29 is 0 Å². The number of rotatable bonds is 5. The van der Waals surface area contributed by atoms with Gasteiger partial charge in [-0.15, -0.1) is 0 Å². The summed E-state index contributed by atoms with van der Waals surface area (Å²) in [6.45, 7) is 2.01. The van der Waals surface area contributed by atoms with Crippen molar-refractivity contribution in [2.75, 3.05) is 13.1 Å². The van der Waals surface area contributed by atoms with Crippen LogP contribution in [0, 0.1) is 0 Å². The van der Waals surface area contributed by atoms with Gasteiger partial charge in [-0.3, -0.25) is 0 Å². The molecule has 12 heavy (non-hydrogen) atoms. The van der Waals surface area contributed by atoms with Crippen LogP contribution in [0.25, 0.3) is 0 Å². The van der Waals surface area contributed by atoms with Crippen molar-refractivity contribution >= 4 is 0 Å². The van der Waals surface area contributed by atoms with Gasteiger partial charge in [0, 0.05) is 6.04 Å². The predicted octanol–water partition coefficient (Wildman–Crippen LogP) is 1.65. The normalized spacial score (nSPS) is 19.8. The molecule has 0 aromatic heterocycles. The highest BCUT2D eigenvalue weighted by atomic mass is 14.9. The Hall–Kier alpha value is -0.0800. The zero-order chi connectivity index (χ0) is 8.65. The maximum absolute atomic E-state index is 5.42. The average molecular weight is 170 g/mol. The smallest absolute Gasteiger partial charge is 0.00670 e. The van der Waals surface area contributed by atoms with Crippen LogP contribution < -0.4 is 11.1 Å². The summed E-state index contributed by atoms with van der Waals surface area (Å²) in [6.07, 6.45) is 9.49. The number of hydrogen-bond acceptors (Lipinski definition) is 2. The molecule has 2 heteroatoms. The quantitative estimate of drug-likeness (QED) is 0.616. The Morgan fingerprint density at radius 3 is 2.50 bits per heavy atom. The van der Waals surface area contributed by atoms with Gasteiger partial charge in [0.25, 0.3) is 0 Å². The van der Waals surface area contributed by atoms with E-state index in [1.807, 2.05) is 0 Å². The van der Waals surface area contributed by atoms with Gasteiger partial charge in [0.15, 0.2) is 0 Å². The molecule has 0 heterocycles. The molecule has 0 atom stereocenters. The Balaban J connectivity index is 1.91. The number of hydrogen-bond donors (Lipinski definition) is 2. The zero-order valence-corrected chi connectivity index (χ0v) is 8.02. The molecule has 0 amide bonds. The van der Waals surface area contributed by atoms with Crippen LogP contribution in [-0.4, -0.2) is 19.1 Å². The van der Waals surface area contributed by atoms with E-state index in [2.05, 4.69) is 5.32 Å². The summed E-state index contributed by atoms with van der Waals surface area (Å²) < 4.78 is 0. The van der Waals surface area contributed by atoms with Gasteiger partial charge in [-0.05, 0) is 38.8 Å². The van der Waals surface area contributed by atoms with Gasteiger partial charge in [0.2, 0.25) is 0 Å². The summed E-state index contributed by atoms with van der Waals surface area (Å²) in [4.78, 5) is 0. The van der Waals surface area contributed by atoms with Gasteiger partial charge in [-0.1, -0.05) is 19.3 Å². The molecule has 1 aliphatic carbocycles. The maximum atomic E-state index is 5.42. The third-order valence-corrected chi connectivity index (χ3v) is 2.67. The molecule has 72 valence electrons. The van der Waals surface area contributed by atoms with Crippen LogP contribution in [0.3, 0.4) is 0 Å². The molecule has 1 rings (SSSR count). The van der Waals surface area contributed by atoms with Crippen LogP contribution in [0.15, 0.2) is 0 Å². The molecule has 1 fully saturated rings. The molecule has 0 unspecified atom stereocenters. The summed E-state index contributed by atoms with van der Waals surface area (Å²) in [5, 5.41) is 3.60. The van der Waals surface area contributed by atoms with Crippen molar-refractivity contribution in [2.45, 2.75) is 51.0 Å². The zero-order valence-electron chi connectivity index (χ0n) is 8.02. The first-order chi connectivity index (χ1) is 5.93. The average Bonchev–Trinajstić information content (AvgIpc) is 2.14. The standard InChI is InChI=1S/C10H22N2/c11-8-4-5-9-12-10-6-2-1-3-7-10/h10,12H,1-9,11H2. The first kappa shape index (κ1) is 10.0. The lowest BCUT2D eigenvalue weighted by molar-refractivity contribution is 0.371. The fourth-order valence-electron chi connectivity index (χ4n) is 1.88. The van der Waals surface area contributed by atoms with Crippen molar-refractivity contribution in [3.63, 3.8) is 0 Å². The molecule has 0 saturated heterocycles. The molecule has 0 radical (unpaired) electrons. The monoisotopic (exact) mass is 170 g/mol. The molecule has 2 nitrogen and oxygen atoms in total. The molecular weight excluding hydrogens is 148 g/mol. The molecular formula is C10H22N2. The van der Waals surface area contributed by atoms with E-state index in [9.17, 15) is 0 Å². The third-order valence-electron chi connectivity index (χ3n) is 2.67. The molecule has 1 saturated carbocycles. The minimum atomic E-state index is 0.816. The second-order valence-corrected chi connectivity index (χ2v) is 3.78. The van der Waals surface area contributed by atoms with Crippen LogP contribution in [0.2, 0.25) is 0 Å². The van der Waals surface area contributed by atoms with Crippen molar-refractivity contribution in [3.8, 4) is 0 Å². The molecule has 0 spiro atoms. The van der Waals surface area contributed by atoms with Crippen molar-refractivity contribution in [1.29, 1.82) is 0 Å². The van der Waals surface area contributed by atoms with Gasteiger partial charge in [-0.2, -0.15) is 0 Å². The van der Waals surface area contributed by atoms with E-state index in [0.717, 1.165) is 12.6 Å². The molecule has 0 bridgehead atoms. The van der Waals surface area contributed by atoms with Crippen LogP contribution in [-0.2, 0) is 0 Å². The molecule has 1 aliphatic rings. The fourth-order valence-corrected chi connectivity index (χ4v) is 1.88. The number of unbranched alkanes of at least 4 members (excludes halogenated alkanes) is 1. The lowest BCUT2D eigenvalue weighted by Gasteiger charge is -2.22. The Morgan fingerprint density at radius 1 is 1.08 bits per heavy atom. The van der Waals surface area contributed by atoms with Gasteiger partial charge in [-0.25, -0.2) is 0 Å². The second-order valence-electron chi connectivity index (χ2n) is 3.78. The SMILES string of the molecule is NCCCCNC1CCCCC1. The molecule has 0 aromatic rings. The highest BCUT2D eigenvalue weighted by Gasteiger charge is 2.11.